The molecule has 0 radical (unpaired) electrons. The van der Waals surface area contributed by atoms with E-state index in [-0.39, 0.29) is 11.9 Å². The summed E-state index contributed by atoms with van der Waals surface area (Å²) in [5.74, 6) is 0.970. The van der Waals surface area contributed by atoms with E-state index in [4.69, 9.17) is 0 Å². The van der Waals surface area contributed by atoms with Crippen molar-refractivity contribution in [3.8, 4) is 5.69 Å². The molecule has 1 atom stereocenters. The van der Waals surface area contributed by atoms with Crippen molar-refractivity contribution in [2.75, 3.05) is 5.75 Å². The van der Waals surface area contributed by atoms with Crippen LogP contribution in [0.5, 0.6) is 0 Å². The van der Waals surface area contributed by atoms with Crippen molar-refractivity contribution in [3.05, 3.63) is 77.1 Å². The Balaban J connectivity index is 1.63. The minimum Gasteiger partial charge on any atom is -0.345 e. The smallest absolute Gasteiger partial charge is 0.255 e. The summed E-state index contributed by atoms with van der Waals surface area (Å²) in [6, 6.07) is 18.3. The van der Waals surface area contributed by atoms with Crippen LogP contribution in [0.2, 0.25) is 0 Å². The third-order valence-corrected chi connectivity index (χ3v) is 5.91. The van der Waals surface area contributed by atoms with Crippen molar-refractivity contribution in [3.63, 3.8) is 0 Å². The highest BCUT2D eigenvalue weighted by Gasteiger charge is 2.25. The molecule has 1 aliphatic heterocycles. The number of thioether (sulfide) groups is 1. The van der Waals surface area contributed by atoms with Crippen molar-refractivity contribution in [2.45, 2.75) is 31.2 Å². The summed E-state index contributed by atoms with van der Waals surface area (Å²) in [5.41, 5.74) is 4.46. The van der Waals surface area contributed by atoms with Crippen LogP contribution in [0.3, 0.4) is 0 Å². The molecular formula is C21H21N3OS. The van der Waals surface area contributed by atoms with Crippen LogP contribution in [0.1, 0.15) is 39.8 Å². The van der Waals surface area contributed by atoms with Gasteiger partial charge in [-0.15, -0.1) is 11.8 Å². The lowest BCUT2D eigenvalue weighted by Gasteiger charge is -2.26. The predicted molar refractivity (Wildman–Crippen MR) is 105 cm³/mol. The van der Waals surface area contributed by atoms with Crippen LogP contribution in [-0.4, -0.2) is 21.4 Å². The zero-order chi connectivity index (χ0) is 18.1. The lowest BCUT2D eigenvalue weighted by atomic mass is 10.0. The van der Waals surface area contributed by atoms with Crippen LogP contribution in [0, 0.1) is 13.8 Å². The van der Waals surface area contributed by atoms with Gasteiger partial charge in [0, 0.05) is 10.6 Å². The fourth-order valence-electron chi connectivity index (χ4n) is 3.51. The number of amides is 1. The molecule has 1 aromatic heterocycles. The number of hydrogen-bond acceptors (Lipinski definition) is 3. The fraction of sp³-hybridized carbons (Fsp3) is 0.238. The standard InChI is InChI=1S/C21H21N3OS/c1-14-20(15(2)24(23-14)16-8-4-3-5-9-16)21(25)22-18-12-13-26-19-11-7-6-10-17(18)19/h3-11,18H,12-13H2,1-2H3,(H,22,25)/t18-/m1/s1. The van der Waals surface area contributed by atoms with Crippen LogP contribution in [-0.2, 0) is 0 Å². The Bertz CT molecular complexity index is 949. The summed E-state index contributed by atoms with van der Waals surface area (Å²) >= 11 is 1.86. The number of carbonyl (C=O) groups excluding carboxylic acids is 1. The van der Waals surface area contributed by atoms with E-state index in [9.17, 15) is 4.79 Å². The molecule has 5 heteroatoms. The van der Waals surface area contributed by atoms with E-state index in [0.29, 0.717) is 5.56 Å². The van der Waals surface area contributed by atoms with E-state index in [1.165, 1.54) is 10.5 Å². The SMILES string of the molecule is Cc1nn(-c2ccccc2)c(C)c1C(=O)N[C@@H]1CCSc2ccccc21. The number of carbonyl (C=O) groups is 1. The maximum Gasteiger partial charge on any atom is 0.255 e. The van der Waals surface area contributed by atoms with Crippen LogP contribution in [0.25, 0.3) is 5.69 Å². The molecule has 1 aliphatic rings. The number of nitrogens with zero attached hydrogens (tertiary/aromatic N) is 2. The van der Waals surface area contributed by atoms with Gasteiger partial charge in [-0.25, -0.2) is 4.68 Å². The normalized spacial score (nSPS) is 16.2. The molecule has 0 aliphatic carbocycles. The van der Waals surface area contributed by atoms with Gasteiger partial charge < -0.3 is 5.32 Å². The molecule has 3 aromatic rings. The van der Waals surface area contributed by atoms with Crippen LogP contribution < -0.4 is 5.32 Å². The Kier molecular flexibility index (Phi) is 4.55. The molecule has 0 saturated heterocycles. The van der Waals surface area contributed by atoms with Gasteiger partial charge >= 0.3 is 0 Å². The van der Waals surface area contributed by atoms with E-state index in [1.807, 2.05) is 72.8 Å². The van der Waals surface area contributed by atoms with E-state index >= 15 is 0 Å². The van der Waals surface area contributed by atoms with Crippen LogP contribution >= 0.6 is 11.8 Å². The molecule has 26 heavy (non-hydrogen) atoms. The van der Waals surface area contributed by atoms with Crippen molar-refractivity contribution in [1.82, 2.24) is 15.1 Å². The highest BCUT2D eigenvalue weighted by molar-refractivity contribution is 7.99. The molecule has 0 saturated carbocycles. The minimum atomic E-state index is -0.0473. The van der Waals surface area contributed by atoms with Gasteiger partial charge in [0.2, 0.25) is 0 Å². The summed E-state index contributed by atoms with van der Waals surface area (Å²) in [5, 5.41) is 7.82. The van der Waals surface area contributed by atoms with Gasteiger partial charge in [0.05, 0.1) is 28.7 Å². The third-order valence-electron chi connectivity index (χ3n) is 4.78. The molecule has 4 nitrogen and oxygen atoms in total. The second-order valence-electron chi connectivity index (χ2n) is 6.49. The van der Waals surface area contributed by atoms with Gasteiger partial charge in [-0.2, -0.15) is 5.10 Å². The zero-order valence-corrected chi connectivity index (χ0v) is 15.7. The second-order valence-corrected chi connectivity index (χ2v) is 7.63. The minimum absolute atomic E-state index is 0.0473. The second kappa shape index (κ2) is 7.00. The van der Waals surface area contributed by atoms with E-state index < -0.39 is 0 Å². The lowest BCUT2D eigenvalue weighted by molar-refractivity contribution is 0.0933. The van der Waals surface area contributed by atoms with Crippen molar-refractivity contribution in [1.29, 1.82) is 0 Å². The van der Waals surface area contributed by atoms with E-state index in [2.05, 4.69) is 22.5 Å². The third kappa shape index (κ3) is 3.03. The first-order valence-electron chi connectivity index (χ1n) is 8.79. The van der Waals surface area contributed by atoms with E-state index in [1.54, 1.807) is 0 Å². The Morgan fingerprint density at radius 3 is 2.65 bits per heavy atom. The molecular weight excluding hydrogens is 342 g/mol. The molecule has 1 amide bonds. The number of para-hydroxylation sites is 1. The molecule has 0 spiro atoms. The highest BCUT2D eigenvalue weighted by atomic mass is 32.2. The predicted octanol–water partition coefficient (Wildman–Crippen LogP) is 4.46. The quantitative estimate of drug-likeness (QED) is 0.747. The van der Waals surface area contributed by atoms with Gasteiger partial charge in [0.1, 0.15) is 0 Å². The summed E-state index contributed by atoms with van der Waals surface area (Å²) in [6.45, 7) is 3.85. The molecule has 1 N–H and O–H groups in total. The average molecular weight is 363 g/mol. The first-order chi connectivity index (χ1) is 12.6. The maximum atomic E-state index is 13.0. The Labute approximate surface area is 157 Å². The zero-order valence-electron chi connectivity index (χ0n) is 14.9. The van der Waals surface area contributed by atoms with Gasteiger partial charge in [-0.05, 0) is 44.0 Å². The fourth-order valence-corrected chi connectivity index (χ4v) is 4.64. The molecule has 2 aromatic carbocycles. The van der Waals surface area contributed by atoms with E-state index in [0.717, 1.165) is 29.2 Å². The number of aromatic nitrogens is 2. The summed E-state index contributed by atoms with van der Waals surface area (Å²) in [7, 11) is 0. The molecule has 4 rings (SSSR count). The van der Waals surface area contributed by atoms with Crippen molar-refractivity contribution >= 4 is 17.7 Å². The number of nitrogens with one attached hydrogen (secondary N) is 1. The van der Waals surface area contributed by atoms with Gasteiger partial charge in [0.15, 0.2) is 0 Å². The first kappa shape index (κ1) is 16.9. The van der Waals surface area contributed by atoms with Crippen molar-refractivity contribution < 1.29 is 4.79 Å². The summed E-state index contributed by atoms with van der Waals surface area (Å²) in [6.07, 6.45) is 0.943. The lowest BCUT2D eigenvalue weighted by Crippen LogP contribution is -2.31. The number of aryl methyl sites for hydroxylation is 1. The maximum absolute atomic E-state index is 13.0. The summed E-state index contributed by atoms with van der Waals surface area (Å²) in [4.78, 5) is 14.3. The topological polar surface area (TPSA) is 46.9 Å². The number of hydrogen-bond donors (Lipinski definition) is 1. The first-order valence-corrected chi connectivity index (χ1v) is 9.78. The highest BCUT2D eigenvalue weighted by Crippen LogP contribution is 2.36. The van der Waals surface area contributed by atoms with Gasteiger partial charge in [-0.3, -0.25) is 4.79 Å². The number of benzene rings is 2. The molecule has 2 heterocycles. The number of rotatable bonds is 3. The van der Waals surface area contributed by atoms with Crippen molar-refractivity contribution in [2.24, 2.45) is 0 Å². The molecule has 0 fully saturated rings. The van der Waals surface area contributed by atoms with Crippen LogP contribution in [0.15, 0.2) is 59.5 Å². The Morgan fingerprint density at radius 2 is 1.85 bits per heavy atom. The summed E-state index contributed by atoms with van der Waals surface area (Å²) < 4.78 is 1.84. The molecule has 0 unspecified atom stereocenters. The molecule has 0 bridgehead atoms. The van der Waals surface area contributed by atoms with Gasteiger partial charge in [0.25, 0.3) is 5.91 Å². The Morgan fingerprint density at radius 1 is 1.12 bits per heavy atom. The van der Waals surface area contributed by atoms with Crippen LogP contribution in [0.4, 0.5) is 0 Å². The monoisotopic (exact) mass is 363 g/mol. The largest absolute Gasteiger partial charge is 0.345 e. The molecule has 132 valence electrons. The number of fused-ring (bicyclic) bond motifs is 1. The average Bonchev–Trinajstić information content (AvgIpc) is 2.97. The van der Waals surface area contributed by atoms with Gasteiger partial charge in [-0.1, -0.05) is 36.4 Å². The Hall–Kier alpha value is -2.53.